The lowest BCUT2D eigenvalue weighted by Crippen LogP contribution is -2.05. The van der Waals surface area contributed by atoms with Crippen molar-refractivity contribution in [3.05, 3.63) is 261 Å². The number of aromatic nitrogens is 2. The number of halogens is 3. The van der Waals surface area contributed by atoms with Gasteiger partial charge in [0.05, 0.1) is 50.6 Å². The minimum atomic E-state index is -4.54. The number of hydrogen-bond acceptors (Lipinski definition) is 1. The molecular weight excluding hydrogens is 1020 g/mol. The van der Waals surface area contributed by atoms with Gasteiger partial charge in [0.1, 0.15) is 0 Å². The minimum Gasteiger partial charge on any atom is -0.309 e. The summed E-state index contributed by atoms with van der Waals surface area (Å²) in [4.78, 5) is 0. The van der Waals surface area contributed by atoms with E-state index in [0.717, 1.165) is 111 Å². The molecule has 2 heterocycles. The number of nitrogens with zero attached hydrogens (tertiary/aromatic N) is 3. The van der Waals surface area contributed by atoms with Gasteiger partial charge in [-0.1, -0.05) is 166 Å². The molecule has 2 aromatic heterocycles. The fraction of sp³-hybridized carbons (Fsp3) is 0.130. The number of benzene rings is 11. The van der Waals surface area contributed by atoms with Crippen LogP contribution in [0.5, 0.6) is 0 Å². The predicted octanol–water partition coefficient (Wildman–Crippen LogP) is 21.5. The van der Waals surface area contributed by atoms with Gasteiger partial charge in [-0.15, -0.1) is 0 Å². The Morgan fingerprint density at radius 2 is 0.566 bits per heavy atom. The summed E-state index contributed by atoms with van der Waals surface area (Å²) >= 11 is 0. The van der Waals surface area contributed by atoms with Crippen LogP contribution in [-0.2, 0) is 6.18 Å². The molecule has 0 atom stereocenters. The molecule has 0 fully saturated rings. The maximum absolute atomic E-state index is 14.7. The van der Waals surface area contributed by atoms with Crippen LogP contribution >= 0.6 is 0 Å². The highest BCUT2D eigenvalue weighted by atomic mass is 19.4. The summed E-state index contributed by atoms with van der Waals surface area (Å²) < 4.78 is 48.7. The molecule has 0 saturated carbocycles. The van der Waals surface area contributed by atoms with Crippen LogP contribution in [0, 0.1) is 73.6 Å². The number of fused-ring (bicyclic) bond motifs is 6. The lowest BCUT2D eigenvalue weighted by Gasteiger charge is -2.20. The normalized spacial score (nSPS) is 11.8. The Labute approximate surface area is 482 Å². The van der Waals surface area contributed by atoms with Crippen LogP contribution in [0.3, 0.4) is 0 Å². The smallest absolute Gasteiger partial charge is 0.309 e. The van der Waals surface area contributed by atoms with Crippen LogP contribution in [0.4, 0.5) is 13.2 Å². The van der Waals surface area contributed by atoms with Gasteiger partial charge < -0.3 is 9.13 Å². The van der Waals surface area contributed by atoms with Crippen LogP contribution in [0.1, 0.15) is 61.2 Å². The summed E-state index contributed by atoms with van der Waals surface area (Å²) in [6, 6.07) is 72.0. The Balaban J connectivity index is 1.12. The molecule has 0 aliphatic heterocycles. The van der Waals surface area contributed by atoms with E-state index in [2.05, 4.69) is 228 Å². The van der Waals surface area contributed by atoms with Crippen LogP contribution in [0.15, 0.2) is 200 Å². The van der Waals surface area contributed by atoms with Gasteiger partial charge in [0.25, 0.3) is 0 Å². The summed E-state index contributed by atoms with van der Waals surface area (Å²) in [5.74, 6) is 0. The molecule has 0 N–H and O–H groups in total. The molecule has 0 saturated heterocycles. The van der Waals surface area contributed by atoms with E-state index >= 15 is 0 Å². The van der Waals surface area contributed by atoms with E-state index in [1.807, 2.05) is 30.3 Å². The van der Waals surface area contributed by atoms with Gasteiger partial charge in [-0.05, 0) is 202 Å². The van der Waals surface area contributed by atoms with Crippen molar-refractivity contribution in [2.75, 3.05) is 0 Å². The van der Waals surface area contributed by atoms with Crippen molar-refractivity contribution in [3.8, 4) is 84.2 Å². The molecule has 0 radical (unpaired) electrons. The highest BCUT2D eigenvalue weighted by molar-refractivity contribution is 6.14. The van der Waals surface area contributed by atoms with Gasteiger partial charge in [0.2, 0.25) is 0 Å². The summed E-state index contributed by atoms with van der Waals surface area (Å²) in [6.07, 6.45) is -4.54. The highest BCUT2D eigenvalue weighted by Gasteiger charge is 2.31. The van der Waals surface area contributed by atoms with Gasteiger partial charge in [0, 0.05) is 32.7 Å². The number of alkyl halides is 3. The zero-order valence-electron chi connectivity index (χ0n) is 48.0. The molecule has 6 heteroatoms. The molecule has 13 rings (SSSR count). The van der Waals surface area contributed by atoms with E-state index in [1.165, 1.54) is 56.6 Å². The number of nitriles is 1. The first-order chi connectivity index (χ1) is 39.8. The Bertz CT molecular complexity index is 4600. The molecule has 0 aliphatic carbocycles. The maximum Gasteiger partial charge on any atom is 0.416 e. The SMILES string of the molecule is Cc1cc(C)cc(-c2ccc3c(c2)c2cc(-c4cc(C)cc(C)c4)ccc2n3-c2cc(C#N)ccc2-c2ccc(-c3cc(C)cc(C(F)(F)F)c3)cc2-n2c3ccc(-c4cc(C)cc(C)c4)cc3c3cc(-c4cc(C)cc(C)c4)ccc32)c1. The molecule has 0 spiro atoms. The second kappa shape index (κ2) is 20.1. The lowest BCUT2D eigenvalue weighted by atomic mass is 9.94. The van der Waals surface area contributed by atoms with Crippen molar-refractivity contribution in [2.24, 2.45) is 0 Å². The average molecular weight is 1080 g/mol. The van der Waals surface area contributed by atoms with Gasteiger partial charge in [0.15, 0.2) is 0 Å². The lowest BCUT2D eigenvalue weighted by molar-refractivity contribution is -0.137. The molecule has 83 heavy (non-hydrogen) atoms. The third-order valence-corrected chi connectivity index (χ3v) is 16.4. The number of aryl methyl sites for hydroxylation is 9. The zero-order chi connectivity index (χ0) is 57.7. The third-order valence-electron chi connectivity index (χ3n) is 16.4. The van der Waals surface area contributed by atoms with Crippen molar-refractivity contribution >= 4 is 43.6 Å². The number of hydrogen-bond donors (Lipinski definition) is 0. The van der Waals surface area contributed by atoms with E-state index in [9.17, 15) is 18.4 Å². The van der Waals surface area contributed by atoms with Crippen LogP contribution in [-0.4, -0.2) is 9.13 Å². The number of rotatable bonds is 8. The summed E-state index contributed by atoms with van der Waals surface area (Å²) in [5, 5.41) is 15.0. The van der Waals surface area contributed by atoms with E-state index in [4.69, 9.17) is 0 Å². The summed E-state index contributed by atoms with van der Waals surface area (Å²) in [5.41, 5.74) is 26.8. The van der Waals surface area contributed by atoms with Crippen LogP contribution in [0.25, 0.3) is 122 Å². The fourth-order valence-electron chi connectivity index (χ4n) is 13.1. The largest absolute Gasteiger partial charge is 0.416 e. The quantitative estimate of drug-likeness (QED) is 0.149. The van der Waals surface area contributed by atoms with Crippen LogP contribution < -0.4 is 0 Å². The van der Waals surface area contributed by atoms with Gasteiger partial charge >= 0.3 is 6.18 Å². The van der Waals surface area contributed by atoms with E-state index in [-0.39, 0.29) is 0 Å². The van der Waals surface area contributed by atoms with Crippen molar-refractivity contribution in [2.45, 2.75) is 68.5 Å². The average Bonchev–Trinajstić information content (AvgIpc) is 2.52. The Hall–Kier alpha value is -9.70. The highest BCUT2D eigenvalue weighted by Crippen LogP contribution is 2.46. The van der Waals surface area contributed by atoms with Crippen molar-refractivity contribution < 1.29 is 13.2 Å². The molecule has 3 nitrogen and oxygen atoms in total. The zero-order valence-corrected chi connectivity index (χ0v) is 48.0. The molecule has 0 bridgehead atoms. The molecule has 0 amide bonds. The summed E-state index contributed by atoms with van der Waals surface area (Å²) in [7, 11) is 0. The minimum absolute atomic E-state index is 0.460. The summed E-state index contributed by atoms with van der Waals surface area (Å²) in [6.45, 7) is 18.8. The van der Waals surface area contributed by atoms with Gasteiger partial charge in [-0.25, -0.2) is 0 Å². The van der Waals surface area contributed by atoms with Crippen molar-refractivity contribution in [1.29, 1.82) is 5.26 Å². The van der Waals surface area contributed by atoms with Crippen LogP contribution in [0.2, 0.25) is 0 Å². The predicted molar refractivity (Wildman–Crippen MR) is 340 cm³/mol. The monoisotopic (exact) mass is 1080 g/mol. The van der Waals surface area contributed by atoms with E-state index in [1.54, 1.807) is 6.92 Å². The molecule has 404 valence electrons. The molecule has 0 unspecified atom stereocenters. The van der Waals surface area contributed by atoms with Crippen molar-refractivity contribution in [1.82, 2.24) is 9.13 Å². The molecule has 0 aliphatic rings. The molecule has 13 aromatic rings. The maximum atomic E-state index is 14.7. The Kier molecular flexibility index (Phi) is 12.7. The first kappa shape index (κ1) is 52.7. The second-order valence-corrected chi connectivity index (χ2v) is 23.3. The first-order valence-corrected chi connectivity index (χ1v) is 28.2. The standard InChI is InChI=1S/C77H60F3N3/c1-44-22-45(2)27-59(26-44)54-12-18-71-67(38-54)68-39-55(60-28-46(3)23-47(4)29-60)13-19-72(68)82(71)75-36-53(43-81)10-16-65(75)66-17-11-58(63-34-52(9)35-64(37-63)77(78,79)80)42-76(66)83-73-20-14-56(61-30-48(5)24-49(6)31-61)40-69(73)70-41-57(15-21-74(70)83)62-32-50(7)25-51(8)33-62/h10-42H,1-9H3. The fourth-order valence-corrected chi connectivity index (χ4v) is 13.1. The topological polar surface area (TPSA) is 33.6 Å². The third kappa shape index (κ3) is 9.66. The van der Waals surface area contributed by atoms with Crippen molar-refractivity contribution in [3.63, 3.8) is 0 Å². The van der Waals surface area contributed by atoms with Gasteiger partial charge in [-0.3, -0.25) is 0 Å². The molecule has 11 aromatic carbocycles. The van der Waals surface area contributed by atoms with E-state index < -0.39 is 11.7 Å². The Morgan fingerprint density at radius 3 is 0.892 bits per heavy atom. The Morgan fingerprint density at radius 1 is 0.289 bits per heavy atom. The second-order valence-electron chi connectivity index (χ2n) is 23.3. The molecular formula is C77H60F3N3. The van der Waals surface area contributed by atoms with Gasteiger partial charge in [-0.2, -0.15) is 18.4 Å². The first-order valence-electron chi connectivity index (χ1n) is 28.2. The van der Waals surface area contributed by atoms with E-state index in [0.29, 0.717) is 22.3 Å².